The number of hydrogen-bond donors (Lipinski definition) is 1. The molecule has 23 heavy (non-hydrogen) atoms. The zero-order valence-corrected chi connectivity index (χ0v) is 13.5. The lowest BCUT2D eigenvalue weighted by Gasteiger charge is -2.33. The lowest BCUT2D eigenvalue weighted by Crippen LogP contribution is -2.39. The van der Waals surface area contributed by atoms with Crippen LogP contribution in [0.1, 0.15) is 50.5 Å². The van der Waals surface area contributed by atoms with E-state index >= 15 is 0 Å². The summed E-state index contributed by atoms with van der Waals surface area (Å²) in [5.41, 5.74) is 1.27. The van der Waals surface area contributed by atoms with E-state index in [0.29, 0.717) is 12.0 Å². The molecule has 0 bridgehead atoms. The monoisotopic (exact) mass is 318 g/mol. The zero-order chi connectivity index (χ0) is 16.4. The summed E-state index contributed by atoms with van der Waals surface area (Å²) in [6, 6.07) is 5.14. The van der Waals surface area contributed by atoms with E-state index in [0.717, 1.165) is 37.5 Å². The van der Waals surface area contributed by atoms with E-state index in [-0.39, 0.29) is 18.1 Å². The number of rotatable bonds is 3. The van der Waals surface area contributed by atoms with Crippen LogP contribution in [-0.2, 0) is 9.59 Å². The quantitative estimate of drug-likeness (QED) is 0.872. The number of hydrogen-bond acceptors (Lipinski definition) is 3. The van der Waals surface area contributed by atoms with E-state index in [4.69, 9.17) is 0 Å². The molecule has 0 spiro atoms. The van der Waals surface area contributed by atoms with E-state index in [2.05, 4.69) is 17.1 Å². The highest BCUT2D eigenvalue weighted by atomic mass is 19.1. The van der Waals surface area contributed by atoms with Crippen LogP contribution in [0.4, 0.5) is 10.1 Å². The third kappa shape index (κ3) is 3.38. The molecule has 0 saturated carbocycles. The Morgan fingerprint density at radius 3 is 2.57 bits per heavy atom. The van der Waals surface area contributed by atoms with Crippen molar-refractivity contribution >= 4 is 17.5 Å². The zero-order valence-electron chi connectivity index (χ0n) is 13.5. The molecule has 124 valence electrons. The van der Waals surface area contributed by atoms with Crippen molar-refractivity contribution in [2.24, 2.45) is 5.92 Å². The van der Waals surface area contributed by atoms with Gasteiger partial charge in [-0.2, -0.15) is 0 Å². The van der Waals surface area contributed by atoms with Gasteiger partial charge in [0.2, 0.25) is 11.8 Å². The van der Waals surface area contributed by atoms with Gasteiger partial charge in [0.25, 0.3) is 0 Å². The molecule has 2 saturated heterocycles. The minimum absolute atomic E-state index is 0.266. The molecule has 2 aliphatic heterocycles. The fourth-order valence-corrected chi connectivity index (χ4v) is 3.59. The van der Waals surface area contributed by atoms with Crippen LogP contribution < -0.4 is 10.2 Å². The Morgan fingerprint density at radius 2 is 1.96 bits per heavy atom. The summed E-state index contributed by atoms with van der Waals surface area (Å²) in [5.74, 6) is -0.806. The third-order valence-electron chi connectivity index (χ3n) is 5.16. The summed E-state index contributed by atoms with van der Waals surface area (Å²) in [5, 5.41) is 2.29. The molecule has 2 amide bonds. The Kier molecular flexibility index (Phi) is 4.64. The van der Waals surface area contributed by atoms with Crippen LogP contribution in [0.2, 0.25) is 0 Å². The molecule has 0 aliphatic carbocycles. The van der Waals surface area contributed by atoms with Gasteiger partial charge in [-0.05, 0) is 37.3 Å². The number of imide groups is 1. The summed E-state index contributed by atoms with van der Waals surface area (Å²) in [7, 11) is 0. The van der Waals surface area contributed by atoms with Crippen molar-refractivity contribution in [2.45, 2.75) is 44.9 Å². The van der Waals surface area contributed by atoms with Crippen molar-refractivity contribution in [1.29, 1.82) is 0 Å². The molecule has 3 rings (SSSR count). The minimum Gasteiger partial charge on any atom is -0.371 e. The van der Waals surface area contributed by atoms with Crippen LogP contribution in [0.5, 0.6) is 0 Å². The molecule has 1 aromatic carbocycles. The lowest BCUT2D eigenvalue weighted by molar-refractivity contribution is -0.134. The highest BCUT2D eigenvalue weighted by Gasteiger charge is 2.30. The topological polar surface area (TPSA) is 49.4 Å². The molecule has 0 aromatic heterocycles. The average molecular weight is 318 g/mol. The number of nitrogens with one attached hydrogen (secondary N) is 1. The summed E-state index contributed by atoms with van der Waals surface area (Å²) >= 11 is 0. The first-order valence-corrected chi connectivity index (χ1v) is 8.46. The standard InChI is InChI=1S/C18H23FN2O2/c1-2-12-7-9-21(10-8-12)13-3-4-14(16(19)11-13)15-5-6-17(22)20-18(15)23/h3-4,11-12,15H,2,5-10H2,1H3,(H,20,22,23). The Hall–Kier alpha value is -1.91. The molecule has 1 atom stereocenters. The SMILES string of the molecule is CCC1CCN(c2ccc(C3CCC(=O)NC3=O)c(F)c2)CC1. The fraction of sp³-hybridized carbons (Fsp3) is 0.556. The maximum absolute atomic E-state index is 14.5. The third-order valence-corrected chi connectivity index (χ3v) is 5.16. The van der Waals surface area contributed by atoms with Gasteiger partial charge in [-0.1, -0.05) is 19.4 Å². The smallest absolute Gasteiger partial charge is 0.234 e. The second-order valence-corrected chi connectivity index (χ2v) is 6.55. The maximum atomic E-state index is 14.5. The van der Waals surface area contributed by atoms with Crippen molar-refractivity contribution < 1.29 is 14.0 Å². The van der Waals surface area contributed by atoms with Crippen molar-refractivity contribution in [3.8, 4) is 0 Å². The van der Waals surface area contributed by atoms with Gasteiger partial charge in [-0.25, -0.2) is 4.39 Å². The van der Waals surface area contributed by atoms with Crippen LogP contribution in [0.3, 0.4) is 0 Å². The van der Waals surface area contributed by atoms with Gasteiger partial charge in [0.15, 0.2) is 0 Å². The first kappa shape index (κ1) is 16.0. The van der Waals surface area contributed by atoms with Crippen molar-refractivity contribution in [2.75, 3.05) is 18.0 Å². The number of carbonyl (C=O) groups is 2. The second kappa shape index (κ2) is 6.69. The molecule has 2 heterocycles. The molecule has 5 heteroatoms. The van der Waals surface area contributed by atoms with Crippen molar-refractivity contribution in [1.82, 2.24) is 5.32 Å². The Morgan fingerprint density at radius 1 is 1.22 bits per heavy atom. The largest absolute Gasteiger partial charge is 0.371 e. The number of piperidine rings is 2. The Labute approximate surface area is 136 Å². The number of benzene rings is 1. The predicted octanol–water partition coefficient (Wildman–Crippen LogP) is 2.97. The molecule has 1 unspecified atom stereocenters. The fourth-order valence-electron chi connectivity index (χ4n) is 3.59. The second-order valence-electron chi connectivity index (χ2n) is 6.55. The lowest BCUT2D eigenvalue weighted by atomic mass is 9.89. The summed E-state index contributed by atoms with van der Waals surface area (Å²) in [4.78, 5) is 25.3. The summed E-state index contributed by atoms with van der Waals surface area (Å²) < 4.78 is 14.5. The van der Waals surface area contributed by atoms with E-state index in [1.54, 1.807) is 6.07 Å². The molecular weight excluding hydrogens is 295 g/mol. The van der Waals surface area contributed by atoms with Gasteiger partial charge < -0.3 is 4.90 Å². The van der Waals surface area contributed by atoms with Crippen LogP contribution in [-0.4, -0.2) is 24.9 Å². The van der Waals surface area contributed by atoms with Crippen LogP contribution in [0, 0.1) is 11.7 Å². The van der Waals surface area contributed by atoms with Crippen LogP contribution in [0.25, 0.3) is 0 Å². The Balaban J connectivity index is 1.73. The van der Waals surface area contributed by atoms with Gasteiger partial charge >= 0.3 is 0 Å². The van der Waals surface area contributed by atoms with Gasteiger partial charge in [0.1, 0.15) is 5.82 Å². The normalized spacial score (nSPS) is 23.0. The average Bonchev–Trinajstić information content (AvgIpc) is 2.55. The number of halogens is 1. The van der Waals surface area contributed by atoms with Crippen LogP contribution >= 0.6 is 0 Å². The first-order chi connectivity index (χ1) is 11.1. The minimum atomic E-state index is -0.562. The van der Waals surface area contributed by atoms with E-state index in [1.807, 2.05) is 6.07 Å². The van der Waals surface area contributed by atoms with Gasteiger partial charge in [0.05, 0.1) is 5.92 Å². The molecule has 4 nitrogen and oxygen atoms in total. The molecule has 2 aliphatic rings. The highest BCUT2D eigenvalue weighted by molar-refractivity contribution is 6.00. The molecule has 2 fully saturated rings. The summed E-state index contributed by atoms with van der Waals surface area (Å²) in [6.45, 7) is 4.13. The van der Waals surface area contributed by atoms with Gasteiger partial charge in [-0.3, -0.25) is 14.9 Å². The molecule has 1 aromatic rings. The maximum Gasteiger partial charge on any atom is 0.234 e. The molecular formula is C18H23FN2O2. The van der Waals surface area contributed by atoms with Crippen molar-refractivity contribution in [3.63, 3.8) is 0 Å². The Bertz CT molecular complexity index is 609. The highest BCUT2D eigenvalue weighted by Crippen LogP contribution is 2.31. The molecule has 1 N–H and O–H groups in total. The van der Waals surface area contributed by atoms with E-state index < -0.39 is 11.8 Å². The number of nitrogens with zero attached hydrogens (tertiary/aromatic N) is 1. The first-order valence-electron chi connectivity index (χ1n) is 8.46. The number of amides is 2. The number of anilines is 1. The van der Waals surface area contributed by atoms with Crippen LogP contribution in [0.15, 0.2) is 18.2 Å². The number of carbonyl (C=O) groups excluding carboxylic acids is 2. The van der Waals surface area contributed by atoms with E-state index in [1.165, 1.54) is 12.5 Å². The van der Waals surface area contributed by atoms with Gasteiger partial charge in [0, 0.05) is 30.8 Å². The molecule has 0 radical (unpaired) electrons. The van der Waals surface area contributed by atoms with Crippen molar-refractivity contribution in [3.05, 3.63) is 29.6 Å². The summed E-state index contributed by atoms with van der Waals surface area (Å²) in [6.07, 6.45) is 4.14. The van der Waals surface area contributed by atoms with Gasteiger partial charge in [-0.15, -0.1) is 0 Å². The van der Waals surface area contributed by atoms with E-state index in [9.17, 15) is 14.0 Å². The predicted molar refractivity (Wildman–Crippen MR) is 86.8 cm³/mol.